The third-order valence-electron chi connectivity index (χ3n) is 12.1. The van der Waals surface area contributed by atoms with Crippen LogP contribution in [0.1, 0.15) is 227 Å². The van der Waals surface area contributed by atoms with Crippen molar-refractivity contribution in [1.29, 1.82) is 0 Å². The second-order valence-corrected chi connectivity index (χ2v) is 19.0. The highest BCUT2D eigenvalue weighted by molar-refractivity contribution is 5.72. The highest BCUT2D eigenvalue weighted by atomic mass is 19.4. The molecular weight excluding hydrogens is 932 g/mol. The van der Waals surface area contributed by atoms with Crippen LogP contribution in [0.4, 0.5) is 13.2 Å². The Kier molecular flexibility index (Phi) is 42.2. The molecule has 18 heteroatoms. The zero-order chi connectivity index (χ0) is 53.0. The summed E-state index contributed by atoms with van der Waals surface area (Å²) < 4.78 is 64.8. The molecule has 1 rings (SSSR count). The van der Waals surface area contributed by atoms with Crippen LogP contribution >= 0.6 is 0 Å². The molecule has 0 aromatic carbocycles. The van der Waals surface area contributed by atoms with E-state index in [-0.39, 0.29) is 88.4 Å². The van der Waals surface area contributed by atoms with Gasteiger partial charge in [-0.1, -0.05) is 156 Å². The monoisotopic (exact) mass is 1020 g/mol. The number of rotatable bonds is 44. The number of carbonyl (C=O) groups is 7. The molecule has 1 heterocycles. The number of hydrogen-bond acceptors (Lipinski definition) is 14. The lowest BCUT2D eigenvalue weighted by molar-refractivity contribution is -0.780. The maximum Gasteiger partial charge on any atom is 0.430 e. The average Bonchev–Trinajstić information content (AvgIpc) is 3.31. The lowest BCUT2D eigenvalue weighted by Gasteiger charge is -2.32. The Morgan fingerprint density at radius 3 is 0.873 bits per heavy atom. The summed E-state index contributed by atoms with van der Waals surface area (Å²) in [5.41, 5.74) is 0. The van der Waals surface area contributed by atoms with Crippen molar-refractivity contribution in [2.75, 3.05) is 39.6 Å². The van der Waals surface area contributed by atoms with Crippen LogP contribution in [-0.2, 0) is 62.0 Å². The number of carbonyl (C=O) groups excluding carboxylic acids is 7. The molecule has 0 radical (unpaired) electrons. The predicted molar refractivity (Wildman–Crippen MR) is 259 cm³/mol. The van der Waals surface area contributed by atoms with E-state index in [2.05, 4.69) is 27.7 Å². The molecule has 2 N–H and O–H groups in total. The number of nitrogens with two attached hydrogens (primary N) is 1. The van der Waals surface area contributed by atoms with Crippen LogP contribution < -0.4 is 10.4 Å². The van der Waals surface area contributed by atoms with E-state index in [1.165, 1.54) is 25.7 Å². The van der Waals surface area contributed by atoms with Gasteiger partial charge in [0.15, 0.2) is 0 Å². The van der Waals surface area contributed by atoms with E-state index in [4.69, 9.17) is 38.3 Å². The Bertz CT molecular complexity index is 1270. The van der Waals surface area contributed by atoms with Gasteiger partial charge in [0.05, 0.1) is 45.7 Å². The number of ether oxygens (including phenoxy) is 6. The highest BCUT2D eigenvalue weighted by Crippen LogP contribution is 2.16. The molecule has 1 fully saturated rings. The summed E-state index contributed by atoms with van der Waals surface area (Å²) in [4.78, 5) is 84.5. The molecule has 0 amide bonds. The van der Waals surface area contributed by atoms with Gasteiger partial charge in [-0.2, -0.15) is 13.2 Å². The highest BCUT2D eigenvalue weighted by Gasteiger charge is 2.36. The van der Waals surface area contributed by atoms with Crippen molar-refractivity contribution in [2.24, 2.45) is 11.8 Å². The summed E-state index contributed by atoms with van der Waals surface area (Å²) in [6, 6.07) is 0.00236. The number of alkyl halides is 3. The first-order valence-electron chi connectivity index (χ1n) is 27.1. The number of unbranched alkanes of at least 4 members (excludes halogenated alkanes) is 20. The van der Waals surface area contributed by atoms with Crippen molar-refractivity contribution in [3.8, 4) is 0 Å². The summed E-state index contributed by atoms with van der Waals surface area (Å²) in [5.74, 6) is -6.21. The Balaban J connectivity index is 0.00000647. The van der Waals surface area contributed by atoms with E-state index >= 15 is 0 Å². The molecule has 2 atom stereocenters. The first-order chi connectivity index (χ1) is 34.0. The van der Waals surface area contributed by atoms with Crippen molar-refractivity contribution in [2.45, 2.75) is 245 Å². The lowest BCUT2D eigenvalue weighted by Crippen LogP contribution is -3.05. The van der Waals surface area contributed by atoms with Gasteiger partial charge in [0.1, 0.15) is 31.3 Å². The molecular formula is C53H92F3NO14. The fraction of sp³-hybridized carbons (Fsp3) is 0.868. The van der Waals surface area contributed by atoms with Gasteiger partial charge in [0.25, 0.3) is 0 Å². The maximum atomic E-state index is 12.9. The molecule has 0 bridgehead atoms. The van der Waals surface area contributed by atoms with E-state index in [0.717, 1.165) is 128 Å². The van der Waals surface area contributed by atoms with E-state index in [1.807, 2.05) is 5.32 Å². The molecule has 15 nitrogen and oxygen atoms in total. The summed E-state index contributed by atoms with van der Waals surface area (Å²) in [7, 11) is 0. The molecule has 414 valence electrons. The third kappa shape index (κ3) is 42.3. The van der Waals surface area contributed by atoms with Crippen LogP contribution in [0.25, 0.3) is 0 Å². The summed E-state index contributed by atoms with van der Waals surface area (Å²) in [5, 5.41) is 10.8. The predicted octanol–water partition coefficient (Wildman–Crippen LogP) is 9.26. The van der Waals surface area contributed by atoms with Crippen LogP contribution in [0.5, 0.6) is 0 Å². The van der Waals surface area contributed by atoms with Crippen molar-refractivity contribution in [3.05, 3.63) is 0 Å². The fourth-order valence-electron chi connectivity index (χ4n) is 7.63. The number of carboxylic acids is 1. The van der Waals surface area contributed by atoms with Gasteiger partial charge in [-0.25, -0.2) is 0 Å². The van der Waals surface area contributed by atoms with Gasteiger partial charge in [-0.05, 0) is 25.7 Å². The molecule has 1 aliphatic heterocycles. The molecule has 0 aliphatic carbocycles. The number of quaternary nitrogens is 1. The Labute approximate surface area is 422 Å². The summed E-state index contributed by atoms with van der Waals surface area (Å²) in [6.07, 6.45) is 22.0. The van der Waals surface area contributed by atoms with Crippen molar-refractivity contribution in [3.63, 3.8) is 0 Å². The van der Waals surface area contributed by atoms with E-state index < -0.39 is 35.9 Å². The van der Waals surface area contributed by atoms with Gasteiger partial charge in [0, 0.05) is 37.5 Å². The molecule has 0 saturated carbocycles. The first kappa shape index (κ1) is 67.0. The Morgan fingerprint density at radius 1 is 0.423 bits per heavy atom. The molecule has 1 saturated heterocycles. The number of esters is 6. The minimum atomic E-state index is -5.19. The fourth-order valence-corrected chi connectivity index (χ4v) is 7.63. The SMILES string of the molecule is CCCCCCCCC(=O)OCC(COC(=O)CCCCCCCC)CC(=O)OC[C@H]1C[C@H](COC(=O)CC(COC(=O)CCCCCCCC)COC(=O)CCCCCCCC)[NH2+]1.O=C([O-])C(F)(F)F. The lowest BCUT2D eigenvalue weighted by atomic mass is 9.98. The first-order valence-corrected chi connectivity index (χ1v) is 27.1. The van der Waals surface area contributed by atoms with Gasteiger partial charge < -0.3 is 43.6 Å². The quantitative estimate of drug-likeness (QED) is 0.0342. The third-order valence-corrected chi connectivity index (χ3v) is 12.1. The number of carboxylic acid groups (broad SMARTS) is 1. The smallest absolute Gasteiger partial charge is 0.430 e. The van der Waals surface area contributed by atoms with E-state index in [0.29, 0.717) is 32.1 Å². The molecule has 0 aromatic heterocycles. The maximum absolute atomic E-state index is 12.9. The average molecular weight is 1020 g/mol. The van der Waals surface area contributed by atoms with Crippen LogP contribution in [0, 0.1) is 11.8 Å². The van der Waals surface area contributed by atoms with E-state index in [1.54, 1.807) is 0 Å². The second kappa shape index (κ2) is 44.7. The van der Waals surface area contributed by atoms with Gasteiger partial charge in [-0.15, -0.1) is 0 Å². The van der Waals surface area contributed by atoms with Crippen LogP contribution in [0.3, 0.4) is 0 Å². The van der Waals surface area contributed by atoms with Gasteiger partial charge in [-0.3, -0.25) is 28.8 Å². The van der Waals surface area contributed by atoms with Gasteiger partial charge >= 0.3 is 42.0 Å². The normalized spacial score (nSPS) is 14.2. The Morgan fingerprint density at radius 2 is 0.648 bits per heavy atom. The summed E-state index contributed by atoms with van der Waals surface area (Å²) >= 11 is 0. The zero-order valence-corrected chi connectivity index (χ0v) is 43.9. The van der Waals surface area contributed by atoms with Gasteiger partial charge in [0.2, 0.25) is 0 Å². The van der Waals surface area contributed by atoms with Crippen molar-refractivity contribution < 1.29 is 85.6 Å². The number of hydrogen-bond donors (Lipinski definition) is 1. The molecule has 1 aliphatic rings. The van der Waals surface area contributed by atoms with Crippen LogP contribution in [-0.4, -0.2) is 99.7 Å². The summed E-state index contributed by atoms with van der Waals surface area (Å²) in [6.45, 7) is 8.90. The topological polar surface area (TPSA) is 215 Å². The zero-order valence-electron chi connectivity index (χ0n) is 43.9. The van der Waals surface area contributed by atoms with Crippen molar-refractivity contribution in [1.82, 2.24) is 0 Å². The van der Waals surface area contributed by atoms with Crippen LogP contribution in [0.15, 0.2) is 0 Å². The van der Waals surface area contributed by atoms with E-state index in [9.17, 15) is 41.9 Å². The second-order valence-electron chi connectivity index (χ2n) is 19.0. The largest absolute Gasteiger partial charge is 0.542 e. The van der Waals surface area contributed by atoms with Crippen molar-refractivity contribution >= 4 is 41.8 Å². The minimum absolute atomic E-state index is 0.00118. The van der Waals surface area contributed by atoms with Crippen LogP contribution in [0.2, 0.25) is 0 Å². The molecule has 71 heavy (non-hydrogen) atoms. The molecule has 0 aromatic rings. The minimum Gasteiger partial charge on any atom is -0.542 e. The standard InChI is InChI=1S/C51H91NO12.C2HF3O2/c1-5-9-13-17-21-25-29-46(53)59-36-42(37-60-47(54)30-26-22-18-14-10-6-2)33-50(57)63-40-44-35-45(52-44)41-64-51(58)34-43(38-61-48(55)31-27-23-19-15-11-7-3)39-62-49(56)32-28-24-20-16-12-8-4;3-2(4,5)1(6)7/h42-45,52H,5-41H2,1-4H3;(H,6,7)/t44-,45-;/m1./s1. The number of halogens is 3. The number of aliphatic carboxylic acids is 1. The molecule has 0 unspecified atom stereocenters. The molecule has 0 spiro atoms. The Hall–Kier alpha value is -3.96.